The molecular weight excluding hydrogens is 496 g/mol. The van der Waals surface area contributed by atoms with Crippen LogP contribution in [0.5, 0.6) is 0 Å². The molecule has 5 aliphatic rings. The highest BCUT2D eigenvalue weighted by Gasteiger charge is 2.74. The van der Waals surface area contributed by atoms with E-state index in [0.29, 0.717) is 12.0 Å². The van der Waals surface area contributed by atoms with E-state index in [1.807, 2.05) is 13.8 Å². The normalized spacial score (nSPS) is 45.3. The van der Waals surface area contributed by atoms with E-state index in [1.165, 1.54) is 32.4 Å². The highest BCUT2D eigenvalue weighted by atomic mass is 16.6. The van der Waals surface area contributed by atoms with Gasteiger partial charge in [-0.05, 0) is 37.8 Å². The monoisotopic (exact) mass is 530 g/mol. The molecule has 0 spiro atoms. The van der Waals surface area contributed by atoms with E-state index in [0.717, 1.165) is 11.1 Å². The van der Waals surface area contributed by atoms with Gasteiger partial charge in [-0.15, -0.1) is 0 Å². The zero-order valence-corrected chi connectivity index (χ0v) is 22.3. The van der Waals surface area contributed by atoms with Crippen LogP contribution in [0.3, 0.4) is 0 Å². The third-order valence-corrected chi connectivity index (χ3v) is 10.1. The number of allylic oxidation sites excluding steroid dienone is 2. The number of hydrogen-bond acceptors (Lipinski definition) is 10. The Morgan fingerprint density at radius 1 is 1.11 bits per heavy atom. The van der Waals surface area contributed by atoms with Crippen LogP contribution in [0.15, 0.2) is 34.9 Å². The van der Waals surface area contributed by atoms with Crippen molar-refractivity contribution in [3.63, 3.8) is 0 Å². The van der Waals surface area contributed by atoms with Gasteiger partial charge in [0.05, 0.1) is 44.4 Å². The highest BCUT2D eigenvalue weighted by molar-refractivity contribution is 5.99. The number of hydrogen-bond donors (Lipinski definition) is 2. The van der Waals surface area contributed by atoms with Gasteiger partial charge in [-0.1, -0.05) is 25.5 Å². The van der Waals surface area contributed by atoms with Crippen molar-refractivity contribution in [2.45, 2.75) is 65.1 Å². The van der Waals surface area contributed by atoms with Gasteiger partial charge in [-0.3, -0.25) is 14.4 Å². The summed E-state index contributed by atoms with van der Waals surface area (Å²) in [5, 5.41) is 22.3. The predicted molar refractivity (Wildman–Crippen MR) is 130 cm³/mol. The number of aliphatic hydroxyl groups is 2. The molecule has 10 heteroatoms. The van der Waals surface area contributed by atoms with Crippen LogP contribution in [-0.4, -0.2) is 72.7 Å². The van der Waals surface area contributed by atoms with Crippen molar-refractivity contribution in [1.29, 1.82) is 0 Å². The average Bonchev–Trinajstić information content (AvgIpc) is 3.48. The van der Waals surface area contributed by atoms with Gasteiger partial charge in [0.1, 0.15) is 0 Å². The molecular formula is C28H34O10. The summed E-state index contributed by atoms with van der Waals surface area (Å²) in [7, 11) is 2.53. The van der Waals surface area contributed by atoms with Crippen molar-refractivity contribution >= 4 is 23.7 Å². The molecule has 2 N–H and O–H groups in total. The first-order valence-electron chi connectivity index (χ1n) is 12.8. The molecule has 2 aliphatic heterocycles. The third kappa shape index (κ3) is 3.23. The van der Waals surface area contributed by atoms with Gasteiger partial charge < -0.3 is 29.2 Å². The number of methoxy groups -OCH3 is 2. The summed E-state index contributed by atoms with van der Waals surface area (Å²) < 4.78 is 21.6. The van der Waals surface area contributed by atoms with E-state index in [9.17, 15) is 29.4 Å². The number of esters is 3. The molecule has 10 atom stereocenters. The lowest BCUT2D eigenvalue weighted by Crippen LogP contribution is -2.69. The minimum absolute atomic E-state index is 0.148. The Morgan fingerprint density at radius 2 is 1.79 bits per heavy atom. The number of carbonyl (C=O) groups excluding carboxylic acids is 4. The summed E-state index contributed by atoms with van der Waals surface area (Å²) in [6, 6.07) is 0. The Hall–Kier alpha value is -2.82. The molecule has 1 saturated heterocycles. The number of ether oxygens (including phenoxy) is 4. The second kappa shape index (κ2) is 8.59. The van der Waals surface area contributed by atoms with Crippen LogP contribution in [0, 0.1) is 34.0 Å². The largest absolute Gasteiger partial charge is 0.469 e. The standard InChI is InChI=1S/C28H34O10/c1-12-13(14-10-19(31)38-24(14)33)9-15-20(12)28(4)16(11-18(30)35-5)27(3)17(29)7-8-26(2,25(34)36-6)22(27)21(32)23(28)37-15/h7-8,10,13,15-16,21-24,32-33H,9,11H2,1-6H3/t13-,15-,16-,21-,22+,23-,24?,26-,27+,28-/m1/s1. The molecule has 0 aromatic rings. The summed E-state index contributed by atoms with van der Waals surface area (Å²) in [6.07, 6.45) is 0.425. The molecule has 206 valence electrons. The molecule has 38 heavy (non-hydrogen) atoms. The Bertz CT molecular complexity index is 1210. The Labute approximate surface area is 220 Å². The second-order valence-corrected chi connectivity index (χ2v) is 11.7. The van der Waals surface area contributed by atoms with Crippen LogP contribution >= 0.6 is 0 Å². The van der Waals surface area contributed by atoms with Gasteiger partial charge in [0, 0.05) is 34.3 Å². The second-order valence-electron chi connectivity index (χ2n) is 11.7. The molecule has 10 nitrogen and oxygen atoms in total. The summed E-state index contributed by atoms with van der Waals surface area (Å²) in [5.41, 5.74) is -1.62. The molecule has 0 amide bonds. The van der Waals surface area contributed by atoms with Crippen LogP contribution < -0.4 is 0 Å². The molecule has 2 heterocycles. The summed E-state index contributed by atoms with van der Waals surface area (Å²) >= 11 is 0. The SMILES string of the molecule is COC(=O)C[C@H]1[C@]2(C)C3=C(C)[C@H](C4=CC(=O)OC4O)C[C@H]3O[C@@H]2[C@H](O)[C@@H]2[C@]1(C)C(=O)C=C[C@@]2(C)C(=O)OC. The molecule has 1 unspecified atom stereocenters. The lowest BCUT2D eigenvalue weighted by Gasteiger charge is -2.61. The molecule has 1 saturated carbocycles. The molecule has 3 aliphatic carbocycles. The van der Waals surface area contributed by atoms with Crippen LogP contribution in [0.1, 0.15) is 40.5 Å². The quantitative estimate of drug-likeness (QED) is 0.311. The Balaban J connectivity index is 1.71. The van der Waals surface area contributed by atoms with Crippen molar-refractivity contribution in [3.05, 3.63) is 34.9 Å². The first kappa shape index (κ1) is 26.8. The summed E-state index contributed by atoms with van der Waals surface area (Å²) in [6.45, 7) is 7.10. The number of cyclic esters (lactones) is 1. The molecule has 0 radical (unpaired) electrons. The van der Waals surface area contributed by atoms with Crippen LogP contribution in [0.2, 0.25) is 0 Å². The zero-order chi connectivity index (χ0) is 27.9. The smallest absolute Gasteiger partial charge is 0.333 e. The topological polar surface area (TPSA) is 146 Å². The van der Waals surface area contributed by atoms with E-state index in [4.69, 9.17) is 18.9 Å². The summed E-state index contributed by atoms with van der Waals surface area (Å²) in [5.74, 6) is -4.06. The minimum Gasteiger partial charge on any atom is -0.469 e. The van der Waals surface area contributed by atoms with Gasteiger partial charge in [0.25, 0.3) is 0 Å². The van der Waals surface area contributed by atoms with E-state index >= 15 is 0 Å². The molecule has 2 fully saturated rings. The van der Waals surface area contributed by atoms with Crippen LogP contribution in [-0.2, 0) is 38.1 Å². The predicted octanol–water partition coefficient (Wildman–Crippen LogP) is 1.39. The van der Waals surface area contributed by atoms with Gasteiger partial charge in [-0.25, -0.2) is 4.79 Å². The fourth-order valence-corrected chi connectivity index (χ4v) is 8.51. The van der Waals surface area contributed by atoms with Gasteiger partial charge in [0.15, 0.2) is 5.78 Å². The maximum atomic E-state index is 13.8. The molecule has 0 aromatic heterocycles. The lowest BCUT2D eigenvalue weighted by atomic mass is 9.41. The Kier molecular flexibility index (Phi) is 6.05. The number of rotatable bonds is 4. The summed E-state index contributed by atoms with van der Waals surface area (Å²) in [4.78, 5) is 51.5. The first-order chi connectivity index (χ1) is 17.8. The van der Waals surface area contributed by atoms with Crippen LogP contribution in [0.4, 0.5) is 0 Å². The van der Waals surface area contributed by atoms with Crippen molar-refractivity contribution < 1.29 is 48.3 Å². The van der Waals surface area contributed by atoms with E-state index in [-0.39, 0.29) is 18.1 Å². The number of aliphatic hydroxyl groups excluding tert-OH is 2. The van der Waals surface area contributed by atoms with Gasteiger partial charge in [0.2, 0.25) is 6.29 Å². The van der Waals surface area contributed by atoms with Crippen molar-refractivity contribution in [1.82, 2.24) is 0 Å². The zero-order valence-electron chi connectivity index (χ0n) is 22.3. The molecule has 0 bridgehead atoms. The van der Waals surface area contributed by atoms with Gasteiger partial charge in [-0.2, -0.15) is 0 Å². The Morgan fingerprint density at radius 3 is 2.37 bits per heavy atom. The number of ketones is 1. The number of carbonyl (C=O) groups is 4. The maximum Gasteiger partial charge on any atom is 0.333 e. The maximum absolute atomic E-state index is 13.8. The van der Waals surface area contributed by atoms with Crippen molar-refractivity contribution in [3.8, 4) is 0 Å². The minimum atomic E-state index is -1.36. The third-order valence-electron chi connectivity index (χ3n) is 10.1. The lowest BCUT2D eigenvalue weighted by molar-refractivity contribution is -0.216. The highest BCUT2D eigenvalue weighted by Crippen LogP contribution is 2.69. The molecule has 5 rings (SSSR count). The number of fused-ring (bicyclic) bond motifs is 4. The van der Waals surface area contributed by atoms with Crippen molar-refractivity contribution in [2.24, 2.45) is 34.0 Å². The fourth-order valence-electron chi connectivity index (χ4n) is 8.51. The fraction of sp³-hybridized carbons (Fsp3) is 0.643. The van der Waals surface area contributed by atoms with E-state index in [1.54, 1.807) is 13.8 Å². The van der Waals surface area contributed by atoms with E-state index < -0.39 is 70.6 Å². The average molecular weight is 531 g/mol. The van der Waals surface area contributed by atoms with Crippen LogP contribution in [0.25, 0.3) is 0 Å². The molecule has 0 aromatic carbocycles. The van der Waals surface area contributed by atoms with Gasteiger partial charge >= 0.3 is 17.9 Å². The first-order valence-corrected chi connectivity index (χ1v) is 12.8. The van der Waals surface area contributed by atoms with Crippen molar-refractivity contribution in [2.75, 3.05) is 14.2 Å². The van der Waals surface area contributed by atoms with E-state index in [2.05, 4.69) is 0 Å².